The molecule has 1 rings (SSSR count). The fourth-order valence-electron chi connectivity index (χ4n) is 2.24. The molecule has 0 spiro atoms. The molecule has 1 heterocycles. The summed E-state index contributed by atoms with van der Waals surface area (Å²) in [4.78, 5) is 24.8. The van der Waals surface area contributed by atoms with Gasteiger partial charge in [0, 0.05) is 13.5 Å². The van der Waals surface area contributed by atoms with Gasteiger partial charge in [-0.25, -0.2) is 5.84 Å². The molecule has 0 aromatic carbocycles. The van der Waals surface area contributed by atoms with Crippen molar-refractivity contribution < 1.29 is 9.59 Å². The number of nitrogens with zero attached hydrogens (tertiary/aromatic N) is 1. The molecule has 4 N–H and O–H groups in total. The van der Waals surface area contributed by atoms with Gasteiger partial charge < -0.3 is 5.32 Å². The summed E-state index contributed by atoms with van der Waals surface area (Å²) in [5, 5.41) is 2.70. The molecular weight excluding hydrogens is 220 g/mol. The van der Waals surface area contributed by atoms with Crippen molar-refractivity contribution in [1.82, 2.24) is 15.6 Å². The monoisotopic (exact) mass is 242 g/mol. The topological polar surface area (TPSA) is 87.5 Å². The van der Waals surface area contributed by atoms with Crippen LogP contribution in [0, 0.1) is 0 Å². The summed E-state index contributed by atoms with van der Waals surface area (Å²) in [6.07, 6.45) is 4.27. The molecule has 6 nitrogen and oxygen atoms in total. The van der Waals surface area contributed by atoms with E-state index >= 15 is 0 Å². The second-order valence-electron chi connectivity index (χ2n) is 4.33. The zero-order valence-electron chi connectivity index (χ0n) is 10.4. The first-order chi connectivity index (χ1) is 8.19. The van der Waals surface area contributed by atoms with E-state index < -0.39 is 0 Å². The van der Waals surface area contributed by atoms with Gasteiger partial charge in [-0.2, -0.15) is 0 Å². The van der Waals surface area contributed by atoms with Crippen LogP contribution >= 0.6 is 0 Å². The highest BCUT2D eigenvalue weighted by Crippen LogP contribution is 2.17. The van der Waals surface area contributed by atoms with Crippen LogP contribution in [-0.2, 0) is 9.59 Å². The Morgan fingerprint density at radius 3 is 2.82 bits per heavy atom. The van der Waals surface area contributed by atoms with E-state index in [0.717, 1.165) is 38.8 Å². The second-order valence-corrected chi connectivity index (χ2v) is 4.33. The summed E-state index contributed by atoms with van der Waals surface area (Å²) in [5.74, 6) is 4.93. The smallest absolute Gasteiger partial charge is 0.237 e. The van der Waals surface area contributed by atoms with E-state index in [0.29, 0.717) is 6.42 Å². The van der Waals surface area contributed by atoms with Gasteiger partial charge in [0.2, 0.25) is 11.8 Å². The van der Waals surface area contributed by atoms with E-state index in [1.54, 1.807) is 7.05 Å². The van der Waals surface area contributed by atoms with E-state index in [9.17, 15) is 9.59 Å². The summed E-state index contributed by atoms with van der Waals surface area (Å²) in [6.45, 7) is 1.70. The minimum atomic E-state index is -0.154. The van der Waals surface area contributed by atoms with Crippen molar-refractivity contribution in [2.24, 2.45) is 5.84 Å². The molecule has 0 aromatic heterocycles. The van der Waals surface area contributed by atoms with Crippen LogP contribution in [0.5, 0.6) is 0 Å². The number of likely N-dealkylation sites (tertiary alicyclic amines) is 1. The molecule has 1 atom stereocenters. The summed E-state index contributed by atoms with van der Waals surface area (Å²) in [7, 11) is 1.66. The molecule has 98 valence electrons. The van der Waals surface area contributed by atoms with Gasteiger partial charge in [-0.15, -0.1) is 0 Å². The molecule has 0 aliphatic carbocycles. The van der Waals surface area contributed by atoms with Gasteiger partial charge in [0.1, 0.15) is 0 Å². The maximum atomic E-state index is 11.7. The highest BCUT2D eigenvalue weighted by atomic mass is 16.2. The number of rotatable bonds is 5. The van der Waals surface area contributed by atoms with E-state index in [2.05, 4.69) is 15.6 Å². The van der Waals surface area contributed by atoms with Gasteiger partial charge >= 0.3 is 0 Å². The number of hydrogen-bond acceptors (Lipinski definition) is 4. The molecule has 2 amide bonds. The fourth-order valence-corrected chi connectivity index (χ4v) is 2.24. The van der Waals surface area contributed by atoms with Crippen LogP contribution in [0.25, 0.3) is 0 Å². The Balaban J connectivity index is 2.37. The number of likely N-dealkylation sites (N-methyl/N-ethyl adjacent to an activating group) is 1. The van der Waals surface area contributed by atoms with Crippen molar-refractivity contribution >= 4 is 11.8 Å². The number of hydrogen-bond donors (Lipinski definition) is 3. The maximum Gasteiger partial charge on any atom is 0.237 e. The first kappa shape index (κ1) is 13.9. The van der Waals surface area contributed by atoms with Crippen LogP contribution in [0.3, 0.4) is 0 Å². The molecule has 0 aromatic rings. The van der Waals surface area contributed by atoms with Gasteiger partial charge in [-0.3, -0.25) is 19.9 Å². The molecule has 6 heteroatoms. The maximum absolute atomic E-state index is 11.7. The van der Waals surface area contributed by atoms with Crippen LogP contribution in [0.2, 0.25) is 0 Å². The lowest BCUT2D eigenvalue weighted by molar-refractivity contribution is -0.127. The van der Waals surface area contributed by atoms with Crippen molar-refractivity contribution in [3.63, 3.8) is 0 Å². The zero-order valence-corrected chi connectivity index (χ0v) is 10.4. The molecular formula is C11H22N4O2. The Morgan fingerprint density at radius 2 is 2.18 bits per heavy atom. The van der Waals surface area contributed by atoms with Gasteiger partial charge in [0.25, 0.3) is 0 Å². The molecule has 1 unspecified atom stereocenters. The van der Waals surface area contributed by atoms with E-state index in [1.807, 2.05) is 0 Å². The first-order valence-corrected chi connectivity index (χ1v) is 6.14. The Hall–Kier alpha value is -1.14. The number of carbonyl (C=O) groups excluding carboxylic acids is 2. The summed E-state index contributed by atoms with van der Waals surface area (Å²) < 4.78 is 0. The van der Waals surface area contributed by atoms with Crippen LogP contribution in [-0.4, -0.2) is 42.9 Å². The molecule has 0 radical (unpaired) electrons. The number of nitrogens with one attached hydrogen (secondary N) is 2. The van der Waals surface area contributed by atoms with Crippen molar-refractivity contribution in [3.05, 3.63) is 0 Å². The largest absolute Gasteiger partial charge is 0.358 e. The fraction of sp³-hybridized carbons (Fsp3) is 0.818. The number of hydrazine groups is 1. The van der Waals surface area contributed by atoms with Crippen molar-refractivity contribution in [3.8, 4) is 0 Å². The quantitative estimate of drug-likeness (QED) is 0.340. The first-order valence-electron chi connectivity index (χ1n) is 6.14. The van der Waals surface area contributed by atoms with Crippen LogP contribution in [0.1, 0.15) is 32.1 Å². The van der Waals surface area contributed by atoms with Gasteiger partial charge in [0.15, 0.2) is 0 Å². The third kappa shape index (κ3) is 4.32. The minimum Gasteiger partial charge on any atom is -0.358 e. The second kappa shape index (κ2) is 7.24. The van der Waals surface area contributed by atoms with Crippen LogP contribution in [0.15, 0.2) is 0 Å². The third-order valence-corrected chi connectivity index (χ3v) is 3.17. The Bertz CT molecular complexity index is 270. The number of piperidine rings is 1. The van der Waals surface area contributed by atoms with Gasteiger partial charge in [-0.1, -0.05) is 6.42 Å². The molecule has 1 aliphatic rings. The molecule has 1 saturated heterocycles. The molecule has 1 fully saturated rings. The molecule has 0 bridgehead atoms. The Morgan fingerprint density at radius 1 is 1.41 bits per heavy atom. The standard InChI is InChI=1S/C11H22N4O2/c1-13-11(17)9-5-2-3-7-15(9)8-4-6-10(16)14-12/h9H,2-8,12H2,1H3,(H,13,17)(H,14,16). The molecule has 1 aliphatic heterocycles. The Labute approximate surface area is 102 Å². The normalized spacial score (nSPS) is 20.9. The number of nitrogens with two attached hydrogens (primary N) is 1. The highest BCUT2D eigenvalue weighted by Gasteiger charge is 2.27. The molecule has 0 saturated carbocycles. The highest BCUT2D eigenvalue weighted by molar-refractivity contribution is 5.81. The van der Waals surface area contributed by atoms with Crippen LogP contribution in [0.4, 0.5) is 0 Å². The number of amides is 2. The lowest BCUT2D eigenvalue weighted by Gasteiger charge is -2.34. The average molecular weight is 242 g/mol. The zero-order chi connectivity index (χ0) is 12.7. The lowest BCUT2D eigenvalue weighted by Crippen LogP contribution is -2.49. The van der Waals surface area contributed by atoms with E-state index in [4.69, 9.17) is 5.84 Å². The summed E-state index contributed by atoms with van der Waals surface area (Å²) in [5.41, 5.74) is 2.11. The van der Waals surface area contributed by atoms with Crippen molar-refractivity contribution in [2.75, 3.05) is 20.1 Å². The Kier molecular flexibility index (Phi) is 5.93. The lowest BCUT2D eigenvalue weighted by atomic mass is 10.0. The predicted molar refractivity (Wildman–Crippen MR) is 64.8 cm³/mol. The summed E-state index contributed by atoms with van der Waals surface area (Å²) >= 11 is 0. The predicted octanol–water partition coefficient (Wildman–Crippen LogP) is -0.643. The van der Waals surface area contributed by atoms with Gasteiger partial charge in [0.05, 0.1) is 6.04 Å². The van der Waals surface area contributed by atoms with Gasteiger partial charge in [-0.05, 0) is 32.4 Å². The van der Waals surface area contributed by atoms with E-state index in [1.165, 1.54) is 0 Å². The van der Waals surface area contributed by atoms with Crippen molar-refractivity contribution in [2.45, 2.75) is 38.1 Å². The van der Waals surface area contributed by atoms with Crippen molar-refractivity contribution in [1.29, 1.82) is 0 Å². The number of carbonyl (C=O) groups is 2. The van der Waals surface area contributed by atoms with Crippen LogP contribution < -0.4 is 16.6 Å². The third-order valence-electron chi connectivity index (χ3n) is 3.17. The summed E-state index contributed by atoms with van der Waals surface area (Å²) in [6, 6.07) is -0.0327. The average Bonchev–Trinajstić information content (AvgIpc) is 2.38. The molecule has 17 heavy (non-hydrogen) atoms. The SMILES string of the molecule is CNC(=O)C1CCCCN1CCCC(=O)NN. The van der Waals surface area contributed by atoms with E-state index in [-0.39, 0.29) is 17.9 Å². The minimum absolute atomic E-state index is 0.0327.